The molecule has 0 radical (unpaired) electrons. The molecule has 1 fully saturated rings. The van der Waals surface area contributed by atoms with E-state index >= 15 is 0 Å². The summed E-state index contributed by atoms with van der Waals surface area (Å²) in [5.74, 6) is 2.35. The van der Waals surface area contributed by atoms with E-state index in [9.17, 15) is 4.79 Å². The van der Waals surface area contributed by atoms with E-state index in [1.807, 2.05) is 0 Å². The number of esters is 1. The van der Waals surface area contributed by atoms with Gasteiger partial charge in [0.2, 0.25) is 0 Å². The highest BCUT2D eigenvalue weighted by Gasteiger charge is 2.54. The van der Waals surface area contributed by atoms with Crippen molar-refractivity contribution in [2.24, 2.45) is 28.6 Å². The predicted molar refractivity (Wildman–Crippen MR) is 125 cm³/mol. The van der Waals surface area contributed by atoms with Crippen molar-refractivity contribution in [1.29, 1.82) is 0 Å². The molecule has 0 spiro atoms. The van der Waals surface area contributed by atoms with Gasteiger partial charge in [0.1, 0.15) is 0 Å². The molecule has 29 heavy (non-hydrogen) atoms. The molecule has 0 saturated heterocycles. The molecule has 3 rings (SSSR count). The quantitative estimate of drug-likeness (QED) is 0.442. The van der Waals surface area contributed by atoms with Gasteiger partial charge in [-0.15, -0.1) is 11.8 Å². The minimum absolute atomic E-state index is 0.0485. The number of fused-ring (bicyclic) bond motifs is 3. The summed E-state index contributed by atoms with van der Waals surface area (Å²) in [5.41, 5.74) is 3.65. The zero-order valence-corrected chi connectivity index (χ0v) is 20.6. The molecule has 0 amide bonds. The van der Waals surface area contributed by atoms with E-state index in [1.54, 1.807) is 22.9 Å². The number of ether oxygens (including phenoxy) is 1. The van der Waals surface area contributed by atoms with Crippen LogP contribution in [-0.2, 0) is 9.53 Å². The minimum Gasteiger partial charge on any atom is -0.464 e. The molecule has 1 saturated carbocycles. The van der Waals surface area contributed by atoms with Crippen LogP contribution in [0.4, 0.5) is 0 Å². The number of carbonyl (C=O) groups is 1. The third-order valence-corrected chi connectivity index (χ3v) is 9.14. The zero-order valence-electron chi connectivity index (χ0n) is 19.8. The number of allylic oxidation sites excluding steroid dienone is 4. The van der Waals surface area contributed by atoms with Crippen LogP contribution in [0.1, 0.15) is 87.0 Å². The van der Waals surface area contributed by atoms with E-state index in [0.717, 1.165) is 6.42 Å². The van der Waals surface area contributed by atoms with E-state index in [-0.39, 0.29) is 16.1 Å². The highest BCUT2D eigenvalue weighted by atomic mass is 32.2. The summed E-state index contributed by atoms with van der Waals surface area (Å²) >= 11 is 1.68. The molecule has 0 aromatic carbocycles. The van der Waals surface area contributed by atoms with Crippen molar-refractivity contribution in [3.63, 3.8) is 0 Å². The second-order valence-corrected chi connectivity index (χ2v) is 13.3. The molecule has 3 aliphatic rings. The normalized spacial score (nSPS) is 34.8. The first-order valence-corrected chi connectivity index (χ1v) is 12.6. The smallest absolute Gasteiger partial charge is 0.315 e. The SMILES string of the molecule is CC(C)C1=CC2=CC[C@@H]3[C@@](C)(COC(=O)CSC(C)(C)C)CCC[C@]3(C)[C@@H]2CC1. The van der Waals surface area contributed by atoms with E-state index in [2.05, 4.69) is 60.6 Å². The lowest BCUT2D eigenvalue weighted by atomic mass is 9.47. The number of hydrogen-bond donors (Lipinski definition) is 0. The molecule has 3 heteroatoms. The van der Waals surface area contributed by atoms with E-state index in [4.69, 9.17) is 4.74 Å². The minimum atomic E-state index is -0.0485. The summed E-state index contributed by atoms with van der Waals surface area (Å²) in [6, 6.07) is 0. The molecule has 0 N–H and O–H groups in total. The molecule has 0 aliphatic heterocycles. The molecule has 0 heterocycles. The van der Waals surface area contributed by atoms with Crippen molar-refractivity contribution in [2.45, 2.75) is 91.7 Å². The maximum Gasteiger partial charge on any atom is 0.315 e. The third-order valence-electron chi connectivity index (χ3n) is 7.89. The lowest BCUT2D eigenvalue weighted by molar-refractivity contribution is -0.150. The highest BCUT2D eigenvalue weighted by molar-refractivity contribution is 8.01. The Balaban J connectivity index is 1.72. The molecular weight excluding hydrogens is 376 g/mol. The van der Waals surface area contributed by atoms with Gasteiger partial charge in [-0.05, 0) is 60.8 Å². The van der Waals surface area contributed by atoms with Crippen LogP contribution in [-0.4, -0.2) is 23.1 Å². The number of hydrogen-bond acceptors (Lipinski definition) is 3. The topological polar surface area (TPSA) is 26.3 Å². The molecule has 3 aliphatic carbocycles. The maximum atomic E-state index is 12.4. The molecular formula is C26H42O2S. The Kier molecular flexibility index (Phi) is 6.69. The van der Waals surface area contributed by atoms with Crippen LogP contribution < -0.4 is 0 Å². The van der Waals surface area contributed by atoms with Crippen LogP contribution in [0.2, 0.25) is 0 Å². The predicted octanol–water partition coefficient (Wildman–Crippen LogP) is 7.20. The van der Waals surface area contributed by atoms with Crippen LogP contribution in [0.25, 0.3) is 0 Å². The Morgan fingerprint density at radius 1 is 1.28 bits per heavy atom. The average Bonchev–Trinajstić information content (AvgIpc) is 2.63. The Labute approximate surface area is 183 Å². The molecule has 2 nitrogen and oxygen atoms in total. The maximum absolute atomic E-state index is 12.4. The zero-order chi connectivity index (χ0) is 21.4. The molecule has 0 aromatic heterocycles. The van der Waals surface area contributed by atoms with Crippen LogP contribution in [0.5, 0.6) is 0 Å². The van der Waals surface area contributed by atoms with Gasteiger partial charge in [0.25, 0.3) is 0 Å². The van der Waals surface area contributed by atoms with Crippen LogP contribution in [0.15, 0.2) is 23.3 Å². The van der Waals surface area contributed by atoms with E-state index in [1.165, 1.54) is 32.1 Å². The first-order chi connectivity index (χ1) is 13.4. The summed E-state index contributed by atoms with van der Waals surface area (Å²) in [6.45, 7) is 16.6. The summed E-state index contributed by atoms with van der Waals surface area (Å²) in [7, 11) is 0. The van der Waals surface area contributed by atoms with Crippen molar-refractivity contribution in [2.75, 3.05) is 12.4 Å². The van der Waals surface area contributed by atoms with Gasteiger partial charge in [0.05, 0.1) is 12.4 Å². The fourth-order valence-corrected chi connectivity index (χ4v) is 6.84. The lowest BCUT2D eigenvalue weighted by Crippen LogP contribution is -2.51. The van der Waals surface area contributed by atoms with Crippen molar-refractivity contribution in [3.05, 3.63) is 23.3 Å². The van der Waals surface area contributed by atoms with Crippen molar-refractivity contribution in [3.8, 4) is 0 Å². The number of carbonyl (C=O) groups excluding carboxylic acids is 1. The molecule has 4 atom stereocenters. The van der Waals surface area contributed by atoms with Gasteiger partial charge in [0.15, 0.2) is 0 Å². The second-order valence-electron chi connectivity index (χ2n) is 11.5. The van der Waals surface area contributed by atoms with Gasteiger partial charge in [0, 0.05) is 10.2 Å². The van der Waals surface area contributed by atoms with Gasteiger partial charge in [-0.25, -0.2) is 0 Å². The first-order valence-electron chi connectivity index (χ1n) is 11.6. The van der Waals surface area contributed by atoms with E-state index in [0.29, 0.717) is 35.5 Å². The standard InChI is InChI=1S/C26H42O2S/c1-18(2)19-9-11-21-20(15-19)10-12-22-25(6,13-8-14-26(21,22)7)17-28-23(27)16-29-24(3,4)5/h10,15,18,21-22H,8-9,11-14,16-17H2,1-7H3/t21-,22-,25-,26-/m1/s1. The van der Waals surface area contributed by atoms with Crippen LogP contribution in [0, 0.1) is 28.6 Å². The largest absolute Gasteiger partial charge is 0.464 e. The Hall–Kier alpha value is -0.700. The molecule has 0 unspecified atom stereocenters. The summed E-state index contributed by atoms with van der Waals surface area (Å²) in [4.78, 5) is 12.4. The monoisotopic (exact) mass is 418 g/mol. The summed E-state index contributed by atoms with van der Waals surface area (Å²) in [6.07, 6.45) is 12.5. The average molecular weight is 419 g/mol. The van der Waals surface area contributed by atoms with Crippen molar-refractivity contribution < 1.29 is 9.53 Å². The summed E-state index contributed by atoms with van der Waals surface area (Å²) in [5, 5.41) is 0. The number of thioether (sulfide) groups is 1. The highest BCUT2D eigenvalue weighted by Crippen LogP contribution is 2.62. The van der Waals surface area contributed by atoms with Gasteiger partial charge >= 0.3 is 5.97 Å². The van der Waals surface area contributed by atoms with Crippen molar-refractivity contribution in [1.82, 2.24) is 0 Å². The first kappa shape index (κ1) is 23.0. The van der Waals surface area contributed by atoms with Gasteiger partial charge in [-0.2, -0.15) is 0 Å². The van der Waals surface area contributed by atoms with Crippen molar-refractivity contribution >= 4 is 17.7 Å². The van der Waals surface area contributed by atoms with Crippen LogP contribution in [0.3, 0.4) is 0 Å². The Morgan fingerprint density at radius 3 is 2.66 bits per heavy atom. The van der Waals surface area contributed by atoms with Gasteiger partial charge in [-0.3, -0.25) is 4.79 Å². The van der Waals surface area contributed by atoms with Gasteiger partial charge in [-0.1, -0.05) is 72.6 Å². The molecule has 0 aromatic rings. The fourth-order valence-electron chi connectivity index (χ4n) is 6.21. The summed E-state index contributed by atoms with van der Waals surface area (Å²) < 4.78 is 5.96. The van der Waals surface area contributed by atoms with E-state index < -0.39 is 0 Å². The number of rotatable bonds is 5. The van der Waals surface area contributed by atoms with Crippen LogP contribution >= 0.6 is 11.8 Å². The fraction of sp³-hybridized carbons (Fsp3) is 0.808. The Bertz CT molecular complexity index is 683. The second kappa shape index (κ2) is 8.44. The van der Waals surface area contributed by atoms with Gasteiger partial charge < -0.3 is 4.74 Å². The lowest BCUT2D eigenvalue weighted by Gasteiger charge is -2.58. The Morgan fingerprint density at radius 2 is 2.00 bits per heavy atom. The molecule has 0 bridgehead atoms. The third kappa shape index (κ3) is 4.97. The molecule has 164 valence electrons.